The molecule has 38 heavy (non-hydrogen) atoms. The molecule has 1 heterocycles. The molecule has 1 fully saturated rings. The first-order valence-corrected chi connectivity index (χ1v) is 12.2. The van der Waals surface area contributed by atoms with Crippen LogP contribution in [0, 0.1) is 10.1 Å². The maximum absolute atomic E-state index is 13.0. The molecule has 0 aromatic heterocycles. The molecule has 0 N–H and O–H groups in total. The highest BCUT2D eigenvalue weighted by atomic mass is 79.9. The molecule has 0 unspecified atom stereocenters. The van der Waals surface area contributed by atoms with Crippen LogP contribution in [0.3, 0.4) is 0 Å². The van der Waals surface area contributed by atoms with Gasteiger partial charge in [-0.15, -0.1) is 0 Å². The summed E-state index contributed by atoms with van der Waals surface area (Å²) < 4.78 is 45.4. The van der Waals surface area contributed by atoms with Crippen LogP contribution in [0.1, 0.15) is 21.5 Å². The van der Waals surface area contributed by atoms with Crippen LogP contribution in [0.5, 0.6) is 11.5 Å². The molecule has 8 nitrogen and oxygen atoms in total. The zero-order valence-electron chi connectivity index (χ0n) is 18.9. The van der Waals surface area contributed by atoms with Crippen LogP contribution < -0.4 is 4.74 Å². The van der Waals surface area contributed by atoms with E-state index in [1.807, 2.05) is 0 Å². The molecule has 0 spiro atoms. The van der Waals surface area contributed by atoms with Gasteiger partial charge in [-0.3, -0.25) is 29.4 Å². The number of rotatable bonds is 7. The maximum Gasteiger partial charge on any atom is 0.416 e. The lowest BCUT2D eigenvalue weighted by Crippen LogP contribution is -2.33. The van der Waals surface area contributed by atoms with Crippen LogP contribution in [-0.2, 0) is 11.0 Å². The van der Waals surface area contributed by atoms with Gasteiger partial charge in [0.05, 0.1) is 21.9 Å². The number of Topliss-reactive ketones (excluding diaryl/α,β-unsaturated/α-hetero) is 1. The van der Waals surface area contributed by atoms with E-state index in [0.717, 1.165) is 15.4 Å². The lowest BCUT2D eigenvalue weighted by molar-refractivity contribution is -0.385. The first kappa shape index (κ1) is 27.1. The number of hydrogen-bond donors (Lipinski definition) is 0. The molecule has 0 radical (unpaired) electrons. The largest absolute Gasteiger partial charge is 0.449 e. The number of para-hydroxylation sites is 1. The van der Waals surface area contributed by atoms with Crippen molar-refractivity contribution in [3.63, 3.8) is 0 Å². The minimum atomic E-state index is -4.79. The highest BCUT2D eigenvalue weighted by molar-refractivity contribution is 9.10. The highest BCUT2D eigenvalue weighted by Crippen LogP contribution is 2.40. The molecular weight excluding hydrogens is 593 g/mol. The molecule has 0 bridgehead atoms. The van der Waals surface area contributed by atoms with Gasteiger partial charge in [0.15, 0.2) is 5.78 Å². The molecule has 3 aromatic rings. The fourth-order valence-electron chi connectivity index (χ4n) is 3.38. The molecule has 2 amide bonds. The molecule has 1 aliphatic heterocycles. The second kappa shape index (κ2) is 10.8. The Balaban J connectivity index is 1.59. The number of thioether (sulfide) groups is 1. The van der Waals surface area contributed by atoms with Gasteiger partial charge in [-0.2, -0.15) is 13.2 Å². The summed E-state index contributed by atoms with van der Waals surface area (Å²) in [5.41, 5.74) is -1.57. The zero-order chi connectivity index (χ0) is 27.6. The second-order valence-electron chi connectivity index (χ2n) is 7.78. The van der Waals surface area contributed by atoms with E-state index in [4.69, 9.17) is 4.74 Å². The van der Waals surface area contributed by atoms with Gasteiger partial charge in [0.2, 0.25) is 5.75 Å². The molecule has 3 aromatic carbocycles. The van der Waals surface area contributed by atoms with Gasteiger partial charge in [-0.05, 0) is 48.2 Å². The predicted octanol–water partition coefficient (Wildman–Crippen LogP) is 7.09. The van der Waals surface area contributed by atoms with Crippen molar-refractivity contribution >= 4 is 56.4 Å². The second-order valence-corrected chi connectivity index (χ2v) is 9.68. The Hall–Kier alpha value is -3.97. The summed E-state index contributed by atoms with van der Waals surface area (Å²) in [5, 5.41) is 10.7. The summed E-state index contributed by atoms with van der Waals surface area (Å²) in [4.78, 5) is 49.1. The molecule has 0 atom stereocenters. The number of amides is 2. The third kappa shape index (κ3) is 5.94. The first-order chi connectivity index (χ1) is 17.9. The van der Waals surface area contributed by atoms with Crippen LogP contribution >= 0.6 is 27.7 Å². The van der Waals surface area contributed by atoms with Crippen LogP contribution in [0.15, 0.2) is 76.1 Å². The molecular formula is C25H14BrF3N2O6S. The maximum atomic E-state index is 13.0. The number of benzene rings is 3. The van der Waals surface area contributed by atoms with Crippen LogP contribution in [0.2, 0.25) is 0 Å². The van der Waals surface area contributed by atoms with Gasteiger partial charge in [0, 0.05) is 21.7 Å². The minimum Gasteiger partial charge on any atom is -0.449 e. The molecule has 0 aliphatic carbocycles. The van der Waals surface area contributed by atoms with Crippen LogP contribution in [-0.4, -0.2) is 33.3 Å². The number of ketones is 1. The van der Waals surface area contributed by atoms with Crippen LogP contribution in [0.25, 0.3) is 6.08 Å². The number of nitro benzene ring substituents is 1. The van der Waals surface area contributed by atoms with E-state index in [1.54, 1.807) is 30.3 Å². The fourth-order valence-corrected chi connectivity index (χ4v) is 4.48. The van der Waals surface area contributed by atoms with Crippen molar-refractivity contribution in [2.75, 3.05) is 6.54 Å². The van der Waals surface area contributed by atoms with Crippen LogP contribution in [0.4, 0.5) is 23.7 Å². The SMILES string of the molecule is O=C(CN1C(=O)S/C(=C/c2ccccc2Oc2ccc(C(F)(F)F)cc2[N+](=O)[O-])C1=O)c1ccc(Br)cc1. The summed E-state index contributed by atoms with van der Waals surface area (Å²) >= 11 is 3.85. The Labute approximate surface area is 225 Å². The third-order valence-electron chi connectivity index (χ3n) is 5.25. The van der Waals surface area contributed by atoms with E-state index in [0.29, 0.717) is 29.5 Å². The number of nitrogens with zero attached hydrogens (tertiary/aromatic N) is 2. The average molecular weight is 607 g/mol. The molecule has 1 aliphatic rings. The molecule has 1 saturated heterocycles. The number of carbonyl (C=O) groups excluding carboxylic acids is 3. The number of imide groups is 1. The predicted molar refractivity (Wildman–Crippen MR) is 136 cm³/mol. The number of carbonyl (C=O) groups is 3. The van der Waals surface area contributed by atoms with Crippen molar-refractivity contribution in [2.45, 2.75) is 6.18 Å². The van der Waals surface area contributed by atoms with Gasteiger partial charge in [0.25, 0.3) is 11.1 Å². The van der Waals surface area contributed by atoms with E-state index in [9.17, 15) is 37.7 Å². The van der Waals surface area contributed by atoms with Gasteiger partial charge in [0.1, 0.15) is 5.75 Å². The topological polar surface area (TPSA) is 107 Å². The first-order valence-electron chi connectivity index (χ1n) is 10.6. The average Bonchev–Trinajstić information content (AvgIpc) is 3.12. The van der Waals surface area contributed by atoms with E-state index in [1.165, 1.54) is 24.3 Å². The molecule has 0 saturated carbocycles. The Morgan fingerprint density at radius 3 is 2.39 bits per heavy atom. The molecule has 194 valence electrons. The summed E-state index contributed by atoms with van der Waals surface area (Å²) in [6, 6.07) is 14.2. The van der Waals surface area contributed by atoms with Crippen molar-refractivity contribution in [1.29, 1.82) is 0 Å². The Kier molecular flexibility index (Phi) is 7.69. The quantitative estimate of drug-likeness (QED) is 0.122. The van der Waals surface area contributed by atoms with Crippen molar-refractivity contribution in [3.05, 3.63) is 103 Å². The van der Waals surface area contributed by atoms with E-state index in [-0.39, 0.29) is 16.2 Å². The van der Waals surface area contributed by atoms with Gasteiger partial charge in [-0.1, -0.05) is 46.3 Å². The summed E-state index contributed by atoms with van der Waals surface area (Å²) in [5.74, 6) is -1.62. The monoisotopic (exact) mass is 606 g/mol. The van der Waals surface area contributed by atoms with E-state index < -0.39 is 51.6 Å². The molecule has 13 heteroatoms. The third-order valence-corrected chi connectivity index (χ3v) is 6.69. The Bertz CT molecular complexity index is 1490. The summed E-state index contributed by atoms with van der Waals surface area (Å²) in [6.45, 7) is -0.473. The summed E-state index contributed by atoms with van der Waals surface area (Å²) in [7, 11) is 0. The van der Waals surface area contributed by atoms with Crippen molar-refractivity contribution in [2.24, 2.45) is 0 Å². The number of halogens is 4. The number of ether oxygens (including phenoxy) is 1. The standard InChI is InChI=1S/C25H14BrF3N2O6S/c26-17-8-5-14(6-9-17)19(32)13-30-23(33)22(38-24(30)34)11-15-3-1-2-4-20(15)37-21-10-7-16(25(27,28)29)12-18(21)31(35)36/h1-12H,13H2/b22-11+. The summed E-state index contributed by atoms with van der Waals surface area (Å²) in [6.07, 6.45) is -3.48. The number of nitro groups is 1. The highest BCUT2D eigenvalue weighted by Gasteiger charge is 2.37. The smallest absolute Gasteiger partial charge is 0.416 e. The zero-order valence-corrected chi connectivity index (χ0v) is 21.3. The fraction of sp³-hybridized carbons (Fsp3) is 0.0800. The van der Waals surface area contributed by atoms with E-state index >= 15 is 0 Å². The van der Waals surface area contributed by atoms with Gasteiger partial charge < -0.3 is 4.74 Å². The lowest BCUT2D eigenvalue weighted by Gasteiger charge is -2.12. The Morgan fingerprint density at radius 2 is 1.74 bits per heavy atom. The number of hydrogen-bond acceptors (Lipinski definition) is 7. The van der Waals surface area contributed by atoms with Crippen molar-refractivity contribution in [3.8, 4) is 11.5 Å². The van der Waals surface area contributed by atoms with Gasteiger partial charge in [-0.25, -0.2) is 0 Å². The normalized spacial score (nSPS) is 14.7. The van der Waals surface area contributed by atoms with Gasteiger partial charge >= 0.3 is 11.9 Å². The van der Waals surface area contributed by atoms with Crippen molar-refractivity contribution < 1.29 is 37.2 Å². The minimum absolute atomic E-state index is 0.00639. The van der Waals surface area contributed by atoms with E-state index in [2.05, 4.69) is 15.9 Å². The number of alkyl halides is 3. The lowest BCUT2D eigenvalue weighted by atomic mass is 10.1. The molecule has 4 rings (SSSR count). The Morgan fingerprint density at radius 1 is 1.05 bits per heavy atom. The van der Waals surface area contributed by atoms with Crippen molar-refractivity contribution in [1.82, 2.24) is 4.90 Å².